The number of halogens is 1. The van der Waals surface area contributed by atoms with Gasteiger partial charge < -0.3 is 4.90 Å². The van der Waals surface area contributed by atoms with Gasteiger partial charge in [-0.05, 0) is 18.6 Å². The molecule has 1 amide bonds. The minimum atomic E-state index is -3.06. The van der Waals surface area contributed by atoms with Crippen LogP contribution >= 0.6 is 11.6 Å². The molecule has 0 saturated carbocycles. The lowest BCUT2D eigenvalue weighted by atomic mass is 9.87. The standard InChI is InChI=1S/C15H18ClNO3S/c1-15(2)9-17(12-5-3-4-11(16)13(12)15)14(18)10-6-7-21(19,20)8-10/h3-5,10H,6-9H2,1-2H3. The van der Waals surface area contributed by atoms with E-state index in [0.717, 1.165) is 11.3 Å². The Kier molecular flexibility index (Phi) is 3.33. The van der Waals surface area contributed by atoms with Crippen molar-refractivity contribution in [2.24, 2.45) is 5.92 Å². The fraction of sp³-hybridized carbons (Fsp3) is 0.533. The first kappa shape index (κ1) is 14.9. The number of carbonyl (C=O) groups excluding carboxylic acids is 1. The van der Waals surface area contributed by atoms with Gasteiger partial charge in [0.05, 0.1) is 17.4 Å². The molecule has 1 unspecified atom stereocenters. The van der Waals surface area contributed by atoms with Crippen LogP contribution in [-0.4, -0.2) is 32.4 Å². The average molecular weight is 328 g/mol. The maximum Gasteiger partial charge on any atom is 0.231 e. The molecule has 0 aliphatic carbocycles. The van der Waals surface area contributed by atoms with E-state index in [9.17, 15) is 13.2 Å². The quantitative estimate of drug-likeness (QED) is 0.796. The Balaban J connectivity index is 1.96. The van der Waals surface area contributed by atoms with Gasteiger partial charge in [0.2, 0.25) is 5.91 Å². The van der Waals surface area contributed by atoms with Gasteiger partial charge in [-0.15, -0.1) is 0 Å². The van der Waals surface area contributed by atoms with Crippen molar-refractivity contribution < 1.29 is 13.2 Å². The summed E-state index contributed by atoms with van der Waals surface area (Å²) in [6.07, 6.45) is 0.425. The molecule has 3 rings (SSSR count). The van der Waals surface area contributed by atoms with Gasteiger partial charge in [0.25, 0.3) is 0 Å². The van der Waals surface area contributed by atoms with Gasteiger partial charge in [-0.3, -0.25) is 4.79 Å². The first-order valence-electron chi connectivity index (χ1n) is 7.02. The zero-order valence-corrected chi connectivity index (χ0v) is 13.7. The zero-order valence-electron chi connectivity index (χ0n) is 12.1. The molecule has 1 aromatic carbocycles. The maximum absolute atomic E-state index is 12.7. The number of sulfone groups is 1. The summed E-state index contributed by atoms with van der Waals surface area (Å²) in [5, 5.41) is 0.659. The van der Waals surface area contributed by atoms with E-state index >= 15 is 0 Å². The molecular weight excluding hydrogens is 310 g/mol. The van der Waals surface area contributed by atoms with Crippen LogP contribution in [0.5, 0.6) is 0 Å². The van der Waals surface area contributed by atoms with Gasteiger partial charge >= 0.3 is 0 Å². The molecule has 1 saturated heterocycles. The van der Waals surface area contributed by atoms with Crippen molar-refractivity contribution in [3.8, 4) is 0 Å². The highest BCUT2D eigenvalue weighted by Gasteiger charge is 2.43. The van der Waals surface area contributed by atoms with E-state index in [-0.39, 0.29) is 22.8 Å². The Bertz CT molecular complexity index is 712. The largest absolute Gasteiger partial charge is 0.311 e. The molecule has 4 nitrogen and oxygen atoms in total. The molecule has 0 bridgehead atoms. The number of carbonyl (C=O) groups is 1. The summed E-state index contributed by atoms with van der Waals surface area (Å²) < 4.78 is 23.2. The molecule has 0 spiro atoms. The van der Waals surface area contributed by atoms with Crippen LogP contribution in [0.25, 0.3) is 0 Å². The molecule has 0 aromatic heterocycles. The fourth-order valence-corrected chi connectivity index (χ4v) is 5.53. The summed E-state index contributed by atoms with van der Waals surface area (Å²) >= 11 is 6.30. The third-order valence-corrected chi connectivity index (χ3v) is 6.44. The third kappa shape index (κ3) is 2.46. The Hall–Kier alpha value is -1.07. The SMILES string of the molecule is CC1(C)CN(C(=O)C2CCS(=O)(=O)C2)c2cccc(Cl)c21. The molecule has 2 aliphatic rings. The Morgan fingerprint density at radius 1 is 1.38 bits per heavy atom. The first-order valence-corrected chi connectivity index (χ1v) is 9.22. The number of rotatable bonds is 1. The normalized spacial score (nSPS) is 25.9. The monoisotopic (exact) mass is 327 g/mol. The van der Waals surface area contributed by atoms with Crippen LogP contribution in [0.1, 0.15) is 25.8 Å². The second kappa shape index (κ2) is 4.71. The first-order chi connectivity index (χ1) is 9.71. The number of amides is 1. The number of benzene rings is 1. The lowest BCUT2D eigenvalue weighted by Gasteiger charge is -2.23. The van der Waals surface area contributed by atoms with Crippen molar-refractivity contribution in [2.45, 2.75) is 25.7 Å². The van der Waals surface area contributed by atoms with Crippen LogP contribution < -0.4 is 4.90 Å². The highest BCUT2D eigenvalue weighted by atomic mass is 35.5. The summed E-state index contributed by atoms with van der Waals surface area (Å²) in [6, 6.07) is 5.54. The van der Waals surface area contributed by atoms with Crippen molar-refractivity contribution in [3.05, 3.63) is 28.8 Å². The number of hydrogen-bond acceptors (Lipinski definition) is 3. The molecule has 0 N–H and O–H groups in total. The van der Waals surface area contributed by atoms with Crippen molar-refractivity contribution in [1.82, 2.24) is 0 Å². The van der Waals surface area contributed by atoms with Crippen molar-refractivity contribution >= 4 is 33.0 Å². The predicted molar refractivity (Wildman–Crippen MR) is 83.6 cm³/mol. The van der Waals surface area contributed by atoms with Crippen molar-refractivity contribution in [1.29, 1.82) is 0 Å². The molecular formula is C15H18ClNO3S. The summed E-state index contributed by atoms with van der Waals surface area (Å²) in [4.78, 5) is 14.4. The van der Waals surface area contributed by atoms with Gasteiger partial charge in [-0.25, -0.2) is 8.42 Å². The van der Waals surface area contributed by atoms with Gasteiger partial charge in [-0.1, -0.05) is 31.5 Å². The Morgan fingerprint density at radius 3 is 2.71 bits per heavy atom. The van der Waals surface area contributed by atoms with E-state index in [1.54, 1.807) is 4.90 Å². The molecule has 0 radical (unpaired) electrons. The minimum Gasteiger partial charge on any atom is -0.311 e. The topological polar surface area (TPSA) is 54.5 Å². The summed E-state index contributed by atoms with van der Waals surface area (Å²) in [5.41, 5.74) is 1.57. The molecule has 2 heterocycles. The van der Waals surface area contributed by atoms with Crippen LogP contribution in [0.3, 0.4) is 0 Å². The molecule has 21 heavy (non-hydrogen) atoms. The van der Waals surface area contributed by atoms with Crippen molar-refractivity contribution in [2.75, 3.05) is 23.0 Å². The molecule has 1 atom stereocenters. The van der Waals surface area contributed by atoms with E-state index in [0.29, 0.717) is 18.0 Å². The van der Waals surface area contributed by atoms with Gasteiger partial charge in [0.1, 0.15) is 0 Å². The number of anilines is 1. The van der Waals surface area contributed by atoms with E-state index in [2.05, 4.69) is 13.8 Å². The lowest BCUT2D eigenvalue weighted by Crippen LogP contribution is -2.38. The van der Waals surface area contributed by atoms with E-state index in [1.165, 1.54) is 0 Å². The molecule has 1 fully saturated rings. The molecule has 6 heteroatoms. The van der Waals surface area contributed by atoms with Crippen molar-refractivity contribution in [3.63, 3.8) is 0 Å². The zero-order chi connectivity index (χ0) is 15.4. The van der Waals surface area contributed by atoms with Crippen LogP contribution in [0.4, 0.5) is 5.69 Å². The predicted octanol–water partition coefficient (Wildman–Crippen LogP) is 2.40. The van der Waals surface area contributed by atoms with E-state index in [4.69, 9.17) is 11.6 Å². The van der Waals surface area contributed by atoms with E-state index in [1.807, 2.05) is 18.2 Å². The molecule has 114 valence electrons. The van der Waals surface area contributed by atoms with E-state index < -0.39 is 15.8 Å². The van der Waals surface area contributed by atoms with Gasteiger partial charge in [-0.2, -0.15) is 0 Å². The maximum atomic E-state index is 12.7. The van der Waals surface area contributed by atoms with Crippen LogP contribution in [0, 0.1) is 5.92 Å². The minimum absolute atomic E-state index is 0.0291. The van der Waals surface area contributed by atoms with Gasteiger partial charge in [0.15, 0.2) is 9.84 Å². The Labute approximate surface area is 130 Å². The second-order valence-corrected chi connectivity index (χ2v) is 9.18. The fourth-order valence-electron chi connectivity index (χ4n) is 3.37. The number of nitrogens with zero attached hydrogens (tertiary/aromatic N) is 1. The van der Waals surface area contributed by atoms with Crippen LogP contribution in [-0.2, 0) is 20.0 Å². The summed E-state index contributed by atoms with van der Waals surface area (Å²) in [6.45, 7) is 4.65. The number of fused-ring (bicyclic) bond motifs is 1. The second-order valence-electron chi connectivity index (χ2n) is 6.54. The third-order valence-electron chi connectivity index (χ3n) is 4.36. The smallest absolute Gasteiger partial charge is 0.231 e. The average Bonchev–Trinajstić information content (AvgIpc) is 2.87. The molecule has 1 aromatic rings. The Morgan fingerprint density at radius 2 is 2.10 bits per heavy atom. The number of hydrogen-bond donors (Lipinski definition) is 0. The van der Waals surface area contributed by atoms with Crippen LogP contribution in [0.15, 0.2) is 18.2 Å². The van der Waals surface area contributed by atoms with Gasteiger partial charge in [0, 0.05) is 28.2 Å². The summed E-state index contributed by atoms with van der Waals surface area (Å²) in [5.74, 6) is -0.428. The summed E-state index contributed by atoms with van der Waals surface area (Å²) in [7, 11) is -3.06. The highest BCUT2D eigenvalue weighted by molar-refractivity contribution is 7.91. The highest BCUT2D eigenvalue weighted by Crippen LogP contribution is 2.45. The molecule has 2 aliphatic heterocycles. The lowest BCUT2D eigenvalue weighted by molar-refractivity contribution is -0.121. The van der Waals surface area contributed by atoms with Crippen LogP contribution in [0.2, 0.25) is 5.02 Å².